The van der Waals surface area contributed by atoms with E-state index in [9.17, 15) is 0 Å². The molecule has 1 aliphatic heterocycles. The molecule has 20 heavy (non-hydrogen) atoms. The second-order valence-corrected chi connectivity index (χ2v) is 6.13. The molecule has 2 aromatic rings. The van der Waals surface area contributed by atoms with Crippen molar-refractivity contribution >= 4 is 17.3 Å². The Morgan fingerprint density at radius 2 is 2.00 bits per heavy atom. The second-order valence-electron chi connectivity index (χ2n) is 5.35. The van der Waals surface area contributed by atoms with Gasteiger partial charge in [-0.2, -0.15) is 11.3 Å². The van der Waals surface area contributed by atoms with E-state index in [1.165, 1.54) is 5.56 Å². The van der Waals surface area contributed by atoms with Crippen LogP contribution in [0.4, 0.5) is 5.95 Å². The molecule has 2 aromatic heterocycles. The van der Waals surface area contributed by atoms with E-state index in [1.54, 1.807) is 11.3 Å². The Labute approximate surface area is 123 Å². The molecule has 3 heterocycles. The molecule has 1 fully saturated rings. The van der Waals surface area contributed by atoms with Crippen molar-refractivity contribution in [2.45, 2.75) is 33.0 Å². The smallest absolute Gasteiger partial charge is 0.225 e. The molecule has 2 atom stereocenters. The van der Waals surface area contributed by atoms with Crippen LogP contribution in [0.2, 0.25) is 0 Å². The maximum atomic E-state index is 6.05. The molecular weight excluding hydrogens is 270 g/mol. The van der Waals surface area contributed by atoms with Crippen LogP contribution in [0.5, 0.6) is 0 Å². The maximum absolute atomic E-state index is 6.05. The summed E-state index contributed by atoms with van der Waals surface area (Å²) in [7, 11) is 0. The monoisotopic (exact) mass is 289 g/mol. The van der Waals surface area contributed by atoms with Crippen LogP contribution in [0.3, 0.4) is 0 Å². The molecule has 0 aromatic carbocycles. The number of anilines is 1. The van der Waals surface area contributed by atoms with E-state index in [2.05, 4.69) is 38.6 Å². The summed E-state index contributed by atoms with van der Waals surface area (Å²) in [6.07, 6.45) is 0.285. The van der Waals surface area contributed by atoms with Gasteiger partial charge in [0.15, 0.2) is 0 Å². The van der Waals surface area contributed by atoms with Crippen LogP contribution >= 0.6 is 11.3 Å². The predicted octanol–water partition coefficient (Wildman–Crippen LogP) is 3.12. The third kappa shape index (κ3) is 2.83. The number of aryl methyl sites for hydroxylation is 2. The number of nitrogens with zero attached hydrogens (tertiary/aromatic N) is 3. The molecule has 0 aliphatic carbocycles. The molecule has 1 aliphatic rings. The Hall–Kier alpha value is -1.46. The molecule has 1 saturated heterocycles. The maximum Gasteiger partial charge on any atom is 0.225 e. The first-order chi connectivity index (χ1) is 9.61. The number of hydrogen-bond donors (Lipinski definition) is 0. The molecule has 5 heteroatoms. The highest BCUT2D eigenvalue weighted by atomic mass is 32.1. The van der Waals surface area contributed by atoms with E-state index in [4.69, 9.17) is 4.74 Å². The van der Waals surface area contributed by atoms with E-state index < -0.39 is 0 Å². The summed E-state index contributed by atoms with van der Waals surface area (Å²) < 4.78 is 6.05. The van der Waals surface area contributed by atoms with Gasteiger partial charge in [-0.05, 0) is 49.2 Å². The Morgan fingerprint density at radius 1 is 1.25 bits per heavy atom. The summed E-state index contributed by atoms with van der Waals surface area (Å²) in [4.78, 5) is 11.4. The zero-order valence-electron chi connectivity index (χ0n) is 12.0. The molecule has 0 bridgehead atoms. The largest absolute Gasteiger partial charge is 0.367 e. The molecular formula is C15H19N3OS. The van der Waals surface area contributed by atoms with E-state index in [1.807, 2.05) is 19.9 Å². The second kappa shape index (κ2) is 5.50. The van der Waals surface area contributed by atoms with Crippen molar-refractivity contribution in [3.63, 3.8) is 0 Å². The fourth-order valence-electron chi connectivity index (χ4n) is 2.61. The number of thiophene rings is 1. The predicted molar refractivity (Wildman–Crippen MR) is 81.3 cm³/mol. The summed E-state index contributed by atoms with van der Waals surface area (Å²) >= 11 is 1.71. The lowest BCUT2D eigenvalue weighted by Gasteiger charge is -2.36. The highest BCUT2D eigenvalue weighted by molar-refractivity contribution is 7.07. The minimum atomic E-state index is 0.106. The van der Waals surface area contributed by atoms with Crippen molar-refractivity contribution in [3.05, 3.63) is 39.8 Å². The van der Waals surface area contributed by atoms with Gasteiger partial charge in [0.25, 0.3) is 0 Å². The van der Waals surface area contributed by atoms with Crippen molar-refractivity contribution in [1.82, 2.24) is 9.97 Å². The molecule has 0 spiro atoms. The first kappa shape index (κ1) is 13.5. The minimum Gasteiger partial charge on any atom is -0.367 e. The third-order valence-corrected chi connectivity index (χ3v) is 4.13. The number of aromatic nitrogens is 2. The van der Waals surface area contributed by atoms with Crippen LogP contribution in [0.15, 0.2) is 22.9 Å². The lowest BCUT2D eigenvalue weighted by Crippen LogP contribution is -2.43. The Kier molecular flexibility index (Phi) is 3.72. The summed E-state index contributed by atoms with van der Waals surface area (Å²) in [6, 6.07) is 4.14. The number of rotatable bonds is 2. The first-order valence-corrected chi connectivity index (χ1v) is 7.81. The summed E-state index contributed by atoms with van der Waals surface area (Å²) in [6.45, 7) is 7.78. The van der Waals surface area contributed by atoms with Gasteiger partial charge in [0.2, 0.25) is 5.95 Å². The summed E-state index contributed by atoms with van der Waals surface area (Å²) in [5.74, 6) is 0.817. The average molecular weight is 289 g/mol. The van der Waals surface area contributed by atoms with Crippen LogP contribution in [0, 0.1) is 13.8 Å². The number of morpholine rings is 1. The zero-order chi connectivity index (χ0) is 14.1. The van der Waals surface area contributed by atoms with Gasteiger partial charge in [-0.3, -0.25) is 0 Å². The molecule has 106 valence electrons. The number of hydrogen-bond acceptors (Lipinski definition) is 5. The van der Waals surface area contributed by atoms with Gasteiger partial charge in [0.05, 0.1) is 12.6 Å². The summed E-state index contributed by atoms with van der Waals surface area (Å²) in [5.41, 5.74) is 3.27. The Balaban J connectivity index is 1.85. The van der Waals surface area contributed by atoms with Crippen molar-refractivity contribution < 1.29 is 4.74 Å². The van der Waals surface area contributed by atoms with E-state index in [-0.39, 0.29) is 12.2 Å². The minimum absolute atomic E-state index is 0.106. The van der Waals surface area contributed by atoms with Crippen LogP contribution in [0.1, 0.15) is 30.0 Å². The molecule has 4 nitrogen and oxygen atoms in total. The van der Waals surface area contributed by atoms with Crippen LogP contribution in [-0.4, -0.2) is 29.2 Å². The van der Waals surface area contributed by atoms with Gasteiger partial charge in [-0.25, -0.2) is 9.97 Å². The normalized spacial score (nSPS) is 23.1. The van der Waals surface area contributed by atoms with Gasteiger partial charge in [-0.1, -0.05) is 0 Å². The van der Waals surface area contributed by atoms with Crippen LogP contribution in [0.25, 0.3) is 0 Å². The van der Waals surface area contributed by atoms with Gasteiger partial charge >= 0.3 is 0 Å². The first-order valence-electron chi connectivity index (χ1n) is 6.86. The van der Waals surface area contributed by atoms with Crippen molar-refractivity contribution in [3.8, 4) is 0 Å². The Bertz CT molecular complexity index is 565. The van der Waals surface area contributed by atoms with Crippen molar-refractivity contribution in [2.24, 2.45) is 0 Å². The summed E-state index contributed by atoms with van der Waals surface area (Å²) in [5, 5.41) is 4.25. The van der Waals surface area contributed by atoms with E-state index in [0.29, 0.717) is 0 Å². The highest BCUT2D eigenvalue weighted by Gasteiger charge is 2.28. The zero-order valence-corrected chi connectivity index (χ0v) is 12.9. The SMILES string of the molecule is Cc1cc(C)nc(N2C[C@@H](C)O[C@@H](c3ccsc3)C2)n1. The standard InChI is InChI=1S/C15H19N3OS/c1-10-6-11(2)17-15(16-10)18-7-12(3)19-14(8-18)13-4-5-20-9-13/h4-6,9,12,14H,7-8H2,1-3H3/t12-,14-/m1/s1. The van der Waals surface area contributed by atoms with Gasteiger partial charge in [-0.15, -0.1) is 0 Å². The van der Waals surface area contributed by atoms with Gasteiger partial charge in [0, 0.05) is 17.9 Å². The van der Waals surface area contributed by atoms with Crippen molar-refractivity contribution in [2.75, 3.05) is 18.0 Å². The average Bonchev–Trinajstić information content (AvgIpc) is 2.90. The van der Waals surface area contributed by atoms with Crippen molar-refractivity contribution in [1.29, 1.82) is 0 Å². The molecule has 0 saturated carbocycles. The third-order valence-electron chi connectivity index (χ3n) is 3.43. The quantitative estimate of drug-likeness (QED) is 0.851. The molecule has 3 rings (SSSR count). The molecule has 0 N–H and O–H groups in total. The van der Waals surface area contributed by atoms with E-state index in [0.717, 1.165) is 30.4 Å². The molecule has 0 radical (unpaired) electrons. The Morgan fingerprint density at radius 3 is 2.65 bits per heavy atom. The highest BCUT2D eigenvalue weighted by Crippen LogP contribution is 2.28. The lowest BCUT2D eigenvalue weighted by molar-refractivity contribution is -0.0176. The van der Waals surface area contributed by atoms with E-state index >= 15 is 0 Å². The van der Waals surface area contributed by atoms with Gasteiger partial charge < -0.3 is 9.64 Å². The fourth-order valence-corrected chi connectivity index (χ4v) is 3.31. The topological polar surface area (TPSA) is 38.2 Å². The molecule has 0 unspecified atom stereocenters. The molecule has 0 amide bonds. The fraction of sp³-hybridized carbons (Fsp3) is 0.467. The lowest BCUT2D eigenvalue weighted by atomic mass is 10.1. The van der Waals surface area contributed by atoms with Gasteiger partial charge in [0.1, 0.15) is 6.10 Å². The number of ether oxygens (including phenoxy) is 1. The van der Waals surface area contributed by atoms with Crippen LogP contribution < -0.4 is 4.90 Å². The van der Waals surface area contributed by atoms with Crippen LogP contribution in [-0.2, 0) is 4.74 Å².